The van der Waals surface area contributed by atoms with E-state index in [1.54, 1.807) is 6.92 Å². The van der Waals surface area contributed by atoms with Crippen molar-refractivity contribution in [1.82, 2.24) is 0 Å². The second-order valence-electron chi connectivity index (χ2n) is 3.34. The lowest BCUT2D eigenvalue weighted by Crippen LogP contribution is -2.37. The van der Waals surface area contributed by atoms with Crippen molar-refractivity contribution < 1.29 is 32.2 Å². The third-order valence-electron chi connectivity index (χ3n) is 2.00. The van der Waals surface area contributed by atoms with Crippen molar-refractivity contribution >= 4 is 6.47 Å². The van der Waals surface area contributed by atoms with Gasteiger partial charge in [-0.05, 0) is 6.42 Å². The largest absolute Gasteiger partial charge is 0.444 e. The molecule has 0 aromatic carbocycles. The summed E-state index contributed by atoms with van der Waals surface area (Å²) in [6, 6.07) is 0. The van der Waals surface area contributed by atoms with E-state index in [-0.39, 0.29) is 6.42 Å². The van der Waals surface area contributed by atoms with E-state index in [0.717, 1.165) is 0 Å². The molecule has 0 rings (SSSR count). The lowest BCUT2D eigenvalue weighted by molar-refractivity contribution is -0.206. The van der Waals surface area contributed by atoms with Crippen molar-refractivity contribution in [2.24, 2.45) is 0 Å². The van der Waals surface area contributed by atoms with Crippen molar-refractivity contribution in [2.45, 2.75) is 50.7 Å². The fourth-order valence-electron chi connectivity index (χ4n) is 1.14. The normalized spacial score (nSPS) is 17.6. The molecule has 0 fully saturated rings. The number of aliphatic hydroxyl groups excluding tert-OH is 1. The summed E-state index contributed by atoms with van der Waals surface area (Å²) in [7, 11) is 0. The van der Waals surface area contributed by atoms with Crippen LogP contribution in [0.5, 0.6) is 0 Å². The van der Waals surface area contributed by atoms with Crippen molar-refractivity contribution in [1.29, 1.82) is 0 Å². The van der Waals surface area contributed by atoms with E-state index < -0.39 is 31.0 Å². The van der Waals surface area contributed by atoms with Crippen molar-refractivity contribution in [2.75, 3.05) is 0 Å². The van der Waals surface area contributed by atoms with Crippen LogP contribution in [0.3, 0.4) is 0 Å². The standard InChI is InChI=1S/C9H13F4O3/c1-2-3-7(15)6(10)4-8(16-5-14)9(11,12)13/h6-8,15H,2-4H2,1H3. The minimum absolute atomic E-state index is 0.0521. The van der Waals surface area contributed by atoms with Gasteiger partial charge in [-0.25, -0.2) is 9.18 Å². The molecule has 0 heterocycles. The number of rotatable bonds is 7. The number of aliphatic hydroxyl groups is 1. The van der Waals surface area contributed by atoms with E-state index in [0.29, 0.717) is 12.9 Å². The zero-order chi connectivity index (χ0) is 12.8. The summed E-state index contributed by atoms with van der Waals surface area (Å²) in [5.41, 5.74) is 0. The zero-order valence-corrected chi connectivity index (χ0v) is 8.63. The molecular formula is C9H13F4O3. The molecule has 3 nitrogen and oxygen atoms in total. The third-order valence-corrected chi connectivity index (χ3v) is 2.00. The van der Waals surface area contributed by atoms with Crippen LogP contribution in [0.1, 0.15) is 26.2 Å². The smallest absolute Gasteiger partial charge is 0.425 e. The molecule has 1 N–H and O–H groups in total. The molecule has 95 valence electrons. The Hall–Kier alpha value is -0.850. The number of alkyl halides is 4. The average Bonchev–Trinajstić information content (AvgIpc) is 2.15. The predicted octanol–water partition coefficient (Wildman–Crippen LogP) is 1.89. The molecule has 0 aromatic heterocycles. The van der Waals surface area contributed by atoms with E-state index in [1.165, 1.54) is 0 Å². The summed E-state index contributed by atoms with van der Waals surface area (Å²) >= 11 is 0. The molecule has 1 radical (unpaired) electrons. The molecular weight excluding hydrogens is 232 g/mol. The lowest BCUT2D eigenvalue weighted by atomic mass is 10.0. The van der Waals surface area contributed by atoms with E-state index in [1.807, 2.05) is 0 Å². The summed E-state index contributed by atoms with van der Waals surface area (Å²) in [4.78, 5) is 9.71. The van der Waals surface area contributed by atoms with Crippen LogP contribution in [0.15, 0.2) is 0 Å². The van der Waals surface area contributed by atoms with Crippen molar-refractivity contribution in [3.8, 4) is 0 Å². The molecule has 3 atom stereocenters. The number of hydrogen-bond acceptors (Lipinski definition) is 3. The fourth-order valence-corrected chi connectivity index (χ4v) is 1.14. The second kappa shape index (κ2) is 6.67. The summed E-state index contributed by atoms with van der Waals surface area (Å²) in [5.74, 6) is 0. The van der Waals surface area contributed by atoms with Crippen molar-refractivity contribution in [3.63, 3.8) is 0 Å². The van der Waals surface area contributed by atoms with Crippen LogP contribution in [-0.4, -0.2) is 36.1 Å². The number of halogens is 4. The molecule has 0 saturated heterocycles. The molecule has 7 heteroatoms. The van der Waals surface area contributed by atoms with Gasteiger partial charge in [0.05, 0.1) is 6.10 Å². The van der Waals surface area contributed by atoms with Gasteiger partial charge in [0.2, 0.25) is 6.10 Å². The fraction of sp³-hybridized carbons (Fsp3) is 0.889. The SMILES string of the molecule is CCCC(O)C(F)CC(O[C]=O)C(F)(F)F. The Bertz CT molecular complexity index is 207. The van der Waals surface area contributed by atoms with Crippen LogP contribution in [0.2, 0.25) is 0 Å². The van der Waals surface area contributed by atoms with Crippen LogP contribution >= 0.6 is 0 Å². The topological polar surface area (TPSA) is 46.5 Å². The molecule has 0 aliphatic carbocycles. The van der Waals surface area contributed by atoms with Crippen LogP contribution in [-0.2, 0) is 9.53 Å². The van der Waals surface area contributed by atoms with E-state index in [4.69, 9.17) is 5.11 Å². The van der Waals surface area contributed by atoms with Gasteiger partial charge in [0.25, 0.3) is 0 Å². The number of hydrogen-bond donors (Lipinski definition) is 1. The van der Waals surface area contributed by atoms with Gasteiger partial charge in [-0.3, -0.25) is 0 Å². The van der Waals surface area contributed by atoms with Gasteiger partial charge in [0.1, 0.15) is 6.17 Å². The summed E-state index contributed by atoms with van der Waals surface area (Å²) < 4.78 is 53.2. The van der Waals surface area contributed by atoms with Gasteiger partial charge in [-0.2, -0.15) is 13.2 Å². The van der Waals surface area contributed by atoms with Gasteiger partial charge in [0.15, 0.2) is 0 Å². The minimum Gasteiger partial charge on any atom is -0.444 e. The van der Waals surface area contributed by atoms with E-state index >= 15 is 0 Å². The maximum Gasteiger partial charge on any atom is 0.425 e. The highest BCUT2D eigenvalue weighted by atomic mass is 19.4. The lowest BCUT2D eigenvalue weighted by Gasteiger charge is -2.22. The first-order valence-corrected chi connectivity index (χ1v) is 4.74. The molecule has 0 aliphatic rings. The molecule has 0 bridgehead atoms. The Labute approximate surface area is 90.4 Å². The third kappa shape index (κ3) is 5.29. The Morgan fingerprint density at radius 3 is 2.38 bits per heavy atom. The number of ether oxygens (including phenoxy) is 1. The minimum atomic E-state index is -4.85. The average molecular weight is 245 g/mol. The van der Waals surface area contributed by atoms with E-state index in [2.05, 4.69) is 4.74 Å². The van der Waals surface area contributed by atoms with Gasteiger partial charge in [0, 0.05) is 6.42 Å². The van der Waals surface area contributed by atoms with Gasteiger partial charge < -0.3 is 9.84 Å². The summed E-state index contributed by atoms with van der Waals surface area (Å²) in [6.45, 7) is 2.29. The number of carbonyl (C=O) groups excluding carboxylic acids is 1. The van der Waals surface area contributed by atoms with E-state index in [9.17, 15) is 22.4 Å². The van der Waals surface area contributed by atoms with Gasteiger partial charge in [-0.15, -0.1) is 0 Å². The van der Waals surface area contributed by atoms with Crippen LogP contribution in [0.4, 0.5) is 17.6 Å². The monoisotopic (exact) mass is 245 g/mol. The van der Waals surface area contributed by atoms with Crippen LogP contribution in [0, 0.1) is 0 Å². The molecule has 16 heavy (non-hydrogen) atoms. The molecule has 0 aromatic rings. The predicted molar refractivity (Wildman–Crippen MR) is 47.0 cm³/mol. The first-order chi connectivity index (χ1) is 7.32. The quantitative estimate of drug-likeness (QED) is 0.697. The Kier molecular flexibility index (Phi) is 6.32. The Balaban J connectivity index is 4.33. The Morgan fingerprint density at radius 2 is 2.00 bits per heavy atom. The first-order valence-electron chi connectivity index (χ1n) is 4.74. The van der Waals surface area contributed by atoms with Crippen LogP contribution < -0.4 is 0 Å². The summed E-state index contributed by atoms with van der Waals surface area (Å²) in [5, 5.41) is 9.10. The second-order valence-corrected chi connectivity index (χ2v) is 3.34. The molecule has 0 saturated carbocycles. The first kappa shape index (κ1) is 15.2. The van der Waals surface area contributed by atoms with Gasteiger partial charge in [-0.1, -0.05) is 13.3 Å². The zero-order valence-electron chi connectivity index (χ0n) is 8.63. The highest BCUT2D eigenvalue weighted by Crippen LogP contribution is 2.27. The molecule has 0 aliphatic heterocycles. The van der Waals surface area contributed by atoms with Crippen molar-refractivity contribution in [3.05, 3.63) is 0 Å². The maximum atomic E-state index is 13.1. The highest BCUT2D eigenvalue weighted by molar-refractivity contribution is 5.38. The molecule has 0 amide bonds. The maximum absolute atomic E-state index is 13.1. The Morgan fingerprint density at radius 1 is 1.44 bits per heavy atom. The van der Waals surface area contributed by atoms with Gasteiger partial charge >= 0.3 is 12.6 Å². The summed E-state index contributed by atoms with van der Waals surface area (Å²) in [6.07, 6.45) is -11.6. The molecule has 0 spiro atoms. The highest BCUT2D eigenvalue weighted by Gasteiger charge is 2.44. The van der Waals surface area contributed by atoms with Crippen LogP contribution in [0.25, 0.3) is 0 Å². The molecule has 3 unspecified atom stereocenters.